The highest BCUT2D eigenvalue weighted by molar-refractivity contribution is 8.31. The normalized spacial score (nSPS) is 10.3. The summed E-state index contributed by atoms with van der Waals surface area (Å²) in [7, 11) is 4.81. The highest BCUT2D eigenvalue weighted by atomic mass is 36.0. The third-order valence-electron chi connectivity index (χ3n) is 1.66. The van der Waals surface area contributed by atoms with E-state index in [1.165, 1.54) is 24.8 Å². The van der Waals surface area contributed by atoms with Crippen molar-refractivity contribution in [1.29, 1.82) is 0 Å². The number of rotatable bonds is 3. The molecule has 0 heterocycles. The number of halogens is 2. The predicted molar refractivity (Wildman–Crippen MR) is 65.7 cm³/mol. The summed E-state index contributed by atoms with van der Waals surface area (Å²) in [5, 5.41) is 0. The van der Waals surface area contributed by atoms with E-state index < -0.39 is 8.26 Å². The lowest BCUT2D eigenvalue weighted by molar-refractivity contribution is 0.621. The van der Waals surface area contributed by atoms with Crippen molar-refractivity contribution in [1.82, 2.24) is 0 Å². The molecule has 1 rings (SSSR count). The Morgan fingerprint density at radius 3 is 2.00 bits per heavy atom. The van der Waals surface area contributed by atoms with Crippen LogP contribution in [0.15, 0.2) is 30.3 Å². The fraction of sp³-hybridized carbons (Fsp3) is 0.400. The van der Waals surface area contributed by atoms with Crippen molar-refractivity contribution in [3.8, 4) is 0 Å². The Hall–Kier alpha value is -0.250. The highest BCUT2D eigenvalue weighted by Gasteiger charge is 1.89. The molecule has 2 nitrogen and oxygen atoms in total. The van der Waals surface area contributed by atoms with Gasteiger partial charge in [-0.1, -0.05) is 43.7 Å². The van der Waals surface area contributed by atoms with Gasteiger partial charge < -0.3 is 0 Å². The number of unbranched alkanes of at least 4 members (excludes halogenated alkanes) is 1. The molecule has 86 valence electrons. The zero-order chi connectivity index (χ0) is 11.7. The van der Waals surface area contributed by atoms with Crippen LogP contribution in [0.5, 0.6) is 0 Å². The largest absolute Gasteiger partial charge is 0.317 e. The van der Waals surface area contributed by atoms with Crippen molar-refractivity contribution < 1.29 is 8.42 Å². The quantitative estimate of drug-likeness (QED) is 0.783. The van der Waals surface area contributed by atoms with Gasteiger partial charge >= 0.3 is 8.26 Å². The second-order valence-electron chi connectivity index (χ2n) is 2.97. The van der Waals surface area contributed by atoms with E-state index >= 15 is 0 Å². The van der Waals surface area contributed by atoms with E-state index in [0.717, 1.165) is 0 Å². The van der Waals surface area contributed by atoms with E-state index in [1.54, 1.807) is 0 Å². The average molecular weight is 269 g/mol. The Morgan fingerprint density at radius 1 is 1.13 bits per heavy atom. The minimum atomic E-state index is -3.72. The summed E-state index contributed by atoms with van der Waals surface area (Å²) in [4.78, 5) is 0. The first-order chi connectivity index (χ1) is 6.93. The van der Waals surface area contributed by atoms with E-state index in [0.29, 0.717) is 0 Å². The molecular formula is C10H14Cl2O2S. The lowest BCUT2D eigenvalue weighted by Gasteiger charge is -1.96. The average Bonchev–Trinajstić information content (AvgIpc) is 2.14. The Labute approximate surface area is 100 Å². The molecule has 0 saturated heterocycles. The first-order valence-electron chi connectivity index (χ1n) is 4.61. The van der Waals surface area contributed by atoms with Crippen LogP contribution in [0.4, 0.5) is 0 Å². The predicted octanol–water partition coefficient (Wildman–Crippen LogP) is 3.74. The van der Waals surface area contributed by atoms with Crippen LogP contribution in [0.3, 0.4) is 0 Å². The molecular weight excluding hydrogens is 255 g/mol. The van der Waals surface area contributed by atoms with Gasteiger partial charge in [-0.15, -0.1) is 0 Å². The van der Waals surface area contributed by atoms with Crippen LogP contribution < -0.4 is 0 Å². The zero-order valence-corrected chi connectivity index (χ0v) is 10.8. The summed E-state index contributed by atoms with van der Waals surface area (Å²) in [6, 6.07) is 10.6. The van der Waals surface area contributed by atoms with Crippen molar-refractivity contribution in [3.63, 3.8) is 0 Å². The molecule has 1 aromatic carbocycles. The summed E-state index contributed by atoms with van der Waals surface area (Å²) in [6.07, 6.45) is 3.83. The number of benzene rings is 1. The molecule has 5 heteroatoms. The second kappa shape index (κ2) is 7.97. The monoisotopic (exact) mass is 268 g/mol. The Bertz CT molecular complexity index is 341. The summed E-state index contributed by atoms with van der Waals surface area (Å²) in [5.74, 6) is 0. The maximum absolute atomic E-state index is 9.16. The molecule has 0 atom stereocenters. The van der Waals surface area contributed by atoms with Crippen molar-refractivity contribution in [2.45, 2.75) is 26.2 Å². The fourth-order valence-corrected chi connectivity index (χ4v) is 1.03. The molecule has 15 heavy (non-hydrogen) atoms. The van der Waals surface area contributed by atoms with E-state index in [1.807, 2.05) is 0 Å². The van der Waals surface area contributed by atoms with Crippen molar-refractivity contribution in [2.75, 3.05) is 0 Å². The lowest BCUT2D eigenvalue weighted by atomic mass is 10.1. The molecule has 1 aromatic rings. The standard InChI is InChI=1S/C10H14.Cl2O2S/c1-2-3-7-10-8-5-4-6-9-10;1-5(2,3)4/h4-6,8-9H,2-3,7H2,1H3;. The summed E-state index contributed by atoms with van der Waals surface area (Å²) < 4.78 is 18.3. The van der Waals surface area contributed by atoms with Gasteiger partial charge in [-0.3, -0.25) is 0 Å². The van der Waals surface area contributed by atoms with Crippen LogP contribution in [0, 0.1) is 0 Å². The number of aryl methyl sites for hydroxylation is 1. The number of hydrogen-bond acceptors (Lipinski definition) is 2. The first kappa shape index (κ1) is 14.8. The Morgan fingerprint density at radius 2 is 1.60 bits per heavy atom. The van der Waals surface area contributed by atoms with Crippen LogP contribution in [-0.4, -0.2) is 8.42 Å². The van der Waals surface area contributed by atoms with Crippen LogP contribution in [0.2, 0.25) is 0 Å². The highest BCUT2D eigenvalue weighted by Crippen LogP contribution is 2.03. The molecule has 0 aromatic heterocycles. The van der Waals surface area contributed by atoms with Gasteiger partial charge in [-0.05, 0) is 18.4 Å². The topological polar surface area (TPSA) is 34.1 Å². The minimum absolute atomic E-state index is 1.23. The molecule has 0 unspecified atom stereocenters. The van der Waals surface area contributed by atoms with Crippen LogP contribution in [0.1, 0.15) is 25.3 Å². The van der Waals surface area contributed by atoms with Crippen LogP contribution >= 0.6 is 21.4 Å². The summed E-state index contributed by atoms with van der Waals surface area (Å²) in [5.41, 5.74) is 1.46. The van der Waals surface area contributed by atoms with Gasteiger partial charge in [0, 0.05) is 21.4 Å². The second-order valence-corrected chi connectivity index (χ2v) is 6.64. The molecule has 0 saturated carbocycles. The molecule has 0 aliphatic carbocycles. The smallest absolute Gasteiger partial charge is 0.195 e. The minimum Gasteiger partial charge on any atom is -0.195 e. The van der Waals surface area contributed by atoms with E-state index in [9.17, 15) is 0 Å². The van der Waals surface area contributed by atoms with E-state index in [-0.39, 0.29) is 0 Å². The zero-order valence-electron chi connectivity index (χ0n) is 8.49. The SMILES string of the molecule is CCCCc1ccccc1.O=S(=O)(Cl)Cl. The van der Waals surface area contributed by atoms with E-state index in [2.05, 4.69) is 58.6 Å². The maximum Gasteiger partial charge on any atom is 0.317 e. The van der Waals surface area contributed by atoms with Crippen LogP contribution in [-0.2, 0) is 14.7 Å². The summed E-state index contributed by atoms with van der Waals surface area (Å²) >= 11 is 0. The summed E-state index contributed by atoms with van der Waals surface area (Å²) in [6.45, 7) is 2.23. The third kappa shape index (κ3) is 13.8. The molecule has 0 aliphatic rings. The van der Waals surface area contributed by atoms with Gasteiger partial charge in [0.2, 0.25) is 0 Å². The third-order valence-corrected chi connectivity index (χ3v) is 1.66. The van der Waals surface area contributed by atoms with Crippen molar-refractivity contribution >= 4 is 29.6 Å². The van der Waals surface area contributed by atoms with Gasteiger partial charge in [0.15, 0.2) is 0 Å². The Kier molecular flexibility index (Phi) is 7.83. The van der Waals surface area contributed by atoms with Gasteiger partial charge in [0.1, 0.15) is 0 Å². The lowest BCUT2D eigenvalue weighted by Crippen LogP contribution is -1.81. The molecule has 0 aliphatic heterocycles. The Balaban J connectivity index is 0.000000336. The molecule has 0 N–H and O–H groups in total. The maximum atomic E-state index is 9.16. The number of hydrogen-bond donors (Lipinski definition) is 0. The van der Waals surface area contributed by atoms with Crippen LogP contribution in [0.25, 0.3) is 0 Å². The molecule has 0 radical (unpaired) electrons. The molecule has 0 fully saturated rings. The van der Waals surface area contributed by atoms with Gasteiger partial charge in [0.05, 0.1) is 0 Å². The van der Waals surface area contributed by atoms with Crippen molar-refractivity contribution in [3.05, 3.63) is 35.9 Å². The molecule has 0 spiro atoms. The molecule has 0 bridgehead atoms. The first-order valence-corrected chi connectivity index (χ1v) is 7.75. The fourth-order valence-electron chi connectivity index (χ4n) is 1.03. The van der Waals surface area contributed by atoms with Gasteiger partial charge in [0.25, 0.3) is 0 Å². The van der Waals surface area contributed by atoms with Gasteiger partial charge in [-0.25, -0.2) is 0 Å². The van der Waals surface area contributed by atoms with Gasteiger partial charge in [-0.2, -0.15) is 8.42 Å². The molecule has 0 amide bonds. The van der Waals surface area contributed by atoms with E-state index in [4.69, 9.17) is 8.42 Å². The van der Waals surface area contributed by atoms with Crippen molar-refractivity contribution in [2.24, 2.45) is 0 Å².